The first-order valence-corrected chi connectivity index (χ1v) is 7.33. The molecule has 0 spiro atoms. The minimum absolute atomic E-state index is 0.00346. The molecule has 0 unspecified atom stereocenters. The Labute approximate surface area is 153 Å². The fourth-order valence-electron chi connectivity index (χ4n) is 2.91. The summed E-state index contributed by atoms with van der Waals surface area (Å²) >= 11 is 0. The second-order valence-electron chi connectivity index (χ2n) is 5.61. The van der Waals surface area contributed by atoms with Gasteiger partial charge in [0.1, 0.15) is 17.9 Å². The predicted molar refractivity (Wildman–Crippen MR) is 90.4 cm³/mol. The van der Waals surface area contributed by atoms with Gasteiger partial charge in [0.15, 0.2) is 11.6 Å². The van der Waals surface area contributed by atoms with Gasteiger partial charge < -0.3 is 24.6 Å². The van der Waals surface area contributed by atoms with Gasteiger partial charge >= 0.3 is 5.97 Å². The molecule has 8 heteroatoms. The summed E-state index contributed by atoms with van der Waals surface area (Å²) in [6, 6.07) is 0.0478. The van der Waals surface area contributed by atoms with Crippen molar-refractivity contribution in [3.05, 3.63) is 33.9 Å². The number of carbonyl (C=O) groups is 1. The Morgan fingerprint density at radius 2 is 2.20 bits per heavy atom. The molecule has 0 bridgehead atoms. The first kappa shape index (κ1) is 9.19. The molecular formula is C17H18FN3O4. The van der Waals surface area contributed by atoms with E-state index in [1.165, 1.54) is 4.57 Å². The number of anilines is 1. The standard InChI is InChI=1S/C17H18FN3O4/c1-9-8-25-16-13-10(15(22)11(17(23)24)7-21(9)13)6-12(18)14(16)20-4-2-19-3-5-20/h6-7,9,19H,2-5,8H2,1H3,(H,23,24)/t9-/m0/s1/i2D2,3D2,4D2,5D2. The molecule has 0 saturated carbocycles. The second-order valence-corrected chi connectivity index (χ2v) is 5.61. The van der Waals surface area contributed by atoms with E-state index in [1.54, 1.807) is 12.2 Å². The van der Waals surface area contributed by atoms with E-state index in [0.717, 1.165) is 6.20 Å². The minimum Gasteiger partial charge on any atom is -0.487 e. The summed E-state index contributed by atoms with van der Waals surface area (Å²) in [7, 11) is 0. The second kappa shape index (κ2) is 5.73. The molecule has 1 aromatic carbocycles. The van der Waals surface area contributed by atoms with Gasteiger partial charge in [0.05, 0.1) is 22.4 Å². The van der Waals surface area contributed by atoms with Crippen LogP contribution in [0.15, 0.2) is 17.1 Å². The van der Waals surface area contributed by atoms with Crippen LogP contribution in [0.2, 0.25) is 0 Å². The summed E-state index contributed by atoms with van der Waals surface area (Å²) in [5.41, 5.74) is -2.77. The molecule has 1 saturated heterocycles. The monoisotopic (exact) mass is 355 g/mol. The number of hydrogen-bond acceptors (Lipinski definition) is 5. The van der Waals surface area contributed by atoms with E-state index < -0.39 is 71.6 Å². The van der Waals surface area contributed by atoms with E-state index in [0.29, 0.717) is 6.07 Å². The number of rotatable bonds is 2. The first-order chi connectivity index (χ1) is 15.0. The number of hydrogen-bond donors (Lipinski definition) is 2. The van der Waals surface area contributed by atoms with Crippen molar-refractivity contribution < 1.29 is 30.0 Å². The highest BCUT2D eigenvalue weighted by Crippen LogP contribution is 2.41. The Kier molecular flexibility index (Phi) is 2.11. The number of carboxylic acids is 1. The van der Waals surface area contributed by atoms with Crippen LogP contribution in [0.4, 0.5) is 10.1 Å². The summed E-state index contributed by atoms with van der Waals surface area (Å²) in [6.45, 7) is -11.6. The molecular weight excluding hydrogens is 329 g/mol. The maximum Gasteiger partial charge on any atom is 0.341 e. The van der Waals surface area contributed by atoms with Gasteiger partial charge in [-0.25, -0.2) is 9.18 Å². The van der Waals surface area contributed by atoms with Crippen LogP contribution in [-0.4, -0.2) is 48.2 Å². The lowest BCUT2D eigenvalue weighted by Gasteiger charge is -2.34. The number of aromatic nitrogens is 1. The zero-order valence-corrected chi connectivity index (χ0v) is 12.9. The zero-order chi connectivity index (χ0) is 24.9. The maximum atomic E-state index is 15.5. The molecule has 1 atom stereocenters. The number of nitrogens with zero attached hydrogens (tertiary/aromatic N) is 2. The lowest BCUT2D eigenvalue weighted by atomic mass is 10.1. The summed E-state index contributed by atoms with van der Waals surface area (Å²) in [6.07, 6.45) is 1.02. The molecule has 0 aliphatic carbocycles. The van der Waals surface area contributed by atoms with Crippen LogP contribution in [0, 0.1) is 5.82 Å². The quantitative estimate of drug-likeness (QED) is 0.842. The Bertz CT molecular complexity index is 1240. The molecule has 0 radical (unpaired) electrons. The first-order valence-electron chi connectivity index (χ1n) is 11.3. The average Bonchev–Trinajstić information content (AvgIpc) is 2.65. The number of aromatic carboxylic acids is 1. The number of piperazine rings is 1. The molecule has 2 N–H and O–H groups in total. The molecule has 2 aromatic rings. The van der Waals surface area contributed by atoms with Gasteiger partial charge in [0.25, 0.3) is 0 Å². The smallest absolute Gasteiger partial charge is 0.341 e. The number of ether oxygens (including phenoxy) is 1. The van der Waals surface area contributed by atoms with Gasteiger partial charge in [-0.15, -0.1) is 0 Å². The predicted octanol–water partition coefficient (Wildman–Crippen LogP) is 1.20. The molecule has 3 heterocycles. The molecule has 2 aliphatic heterocycles. The topological polar surface area (TPSA) is 83.8 Å². The fourth-order valence-corrected chi connectivity index (χ4v) is 2.91. The number of pyridine rings is 1. The average molecular weight is 355 g/mol. The maximum absolute atomic E-state index is 15.5. The van der Waals surface area contributed by atoms with E-state index in [-0.39, 0.29) is 17.0 Å². The van der Waals surface area contributed by atoms with Crippen LogP contribution in [0.5, 0.6) is 5.75 Å². The number of benzene rings is 1. The molecule has 7 nitrogen and oxygen atoms in total. The number of carboxylic acid groups (broad SMARTS) is 1. The lowest BCUT2D eigenvalue weighted by molar-refractivity contribution is 0.0694. The van der Waals surface area contributed by atoms with Gasteiger partial charge in [-0.05, 0) is 13.0 Å². The highest BCUT2D eigenvalue weighted by atomic mass is 19.1. The van der Waals surface area contributed by atoms with E-state index >= 15 is 4.39 Å². The van der Waals surface area contributed by atoms with Crippen molar-refractivity contribution in [1.82, 2.24) is 9.88 Å². The van der Waals surface area contributed by atoms with Crippen LogP contribution < -0.4 is 20.4 Å². The van der Waals surface area contributed by atoms with E-state index in [4.69, 9.17) is 15.7 Å². The Balaban J connectivity index is 2.15. The van der Waals surface area contributed by atoms with Crippen LogP contribution in [0.1, 0.15) is 34.3 Å². The van der Waals surface area contributed by atoms with Crippen molar-refractivity contribution in [3.8, 4) is 5.75 Å². The van der Waals surface area contributed by atoms with E-state index in [1.807, 2.05) is 0 Å². The summed E-state index contributed by atoms with van der Waals surface area (Å²) < 4.78 is 87.2. The molecule has 25 heavy (non-hydrogen) atoms. The van der Waals surface area contributed by atoms with Crippen molar-refractivity contribution in [2.24, 2.45) is 0 Å². The molecule has 0 amide bonds. The van der Waals surface area contributed by atoms with Crippen LogP contribution in [-0.2, 0) is 0 Å². The molecule has 1 aromatic heterocycles. The van der Waals surface area contributed by atoms with Crippen molar-refractivity contribution in [2.45, 2.75) is 13.0 Å². The van der Waals surface area contributed by atoms with Crippen LogP contribution >= 0.6 is 0 Å². The summed E-state index contributed by atoms with van der Waals surface area (Å²) in [5, 5.41) is 10.6. The third-order valence-corrected chi connectivity index (χ3v) is 4.06. The Morgan fingerprint density at radius 3 is 2.88 bits per heavy atom. The van der Waals surface area contributed by atoms with Crippen molar-refractivity contribution in [1.29, 1.82) is 0 Å². The fraction of sp³-hybridized carbons (Fsp3) is 0.412. The third-order valence-electron chi connectivity index (χ3n) is 4.06. The largest absolute Gasteiger partial charge is 0.487 e. The van der Waals surface area contributed by atoms with Crippen molar-refractivity contribution >= 4 is 22.6 Å². The van der Waals surface area contributed by atoms with Gasteiger partial charge in [-0.1, -0.05) is 0 Å². The molecule has 1 fully saturated rings. The SMILES string of the molecule is [2H]C1([2H])NC([2H])([2H])C([2H])([2H])N(c2c(F)cc3c(=O)c(C(=O)O)cn4c3c2OC[C@@H]4C)C1([2H])[2H]. The highest BCUT2D eigenvalue weighted by Gasteiger charge is 2.30. The Morgan fingerprint density at radius 1 is 1.48 bits per heavy atom. The minimum atomic E-state index is -3.34. The molecule has 132 valence electrons. The van der Waals surface area contributed by atoms with E-state index in [2.05, 4.69) is 0 Å². The van der Waals surface area contributed by atoms with E-state index in [9.17, 15) is 14.7 Å². The Hall–Kier alpha value is -2.61. The molecule has 4 rings (SSSR count). The van der Waals surface area contributed by atoms with Crippen LogP contribution in [0.3, 0.4) is 0 Å². The van der Waals surface area contributed by atoms with Crippen molar-refractivity contribution in [2.75, 3.05) is 37.5 Å². The summed E-state index contributed by atoms with van der Waals surface area (Å²) in [4.78, 5) is 24.2. The molecule has 2 aliphatic rings. The number of halogens is 1. The van der Waals surface area contributed by atoms with Gasteiger partial charge in [0.2, 0.25) is 5.43 Å². The van der Waals surface area contributed by atoms with Crippen LogP contribution in [0.25, 0.3) is 10.9 Å². The third kappa shape index (κ3) is 2.36. The van der Waals surface area contributed by atoms with Gasteiger partial charge in [-0.3, -0.25) is 4.79 Å². The zero-order valence-electron chi connectivity index (χ0n) is 20.9. The number of nitrogens with one attached hydrogen (secondary N) is 1. The highest BCUT2D eigenvalue weighted by molar-refractivity contribution is 5.97. The van der Waals surface area contributed by atoms with Gasteiger partial charge in [-0.2, -0.15) is 0 Å². The van der Waals surface area contributed by atoms with Crippen molar-refractivity contribution in [3.63, 3.8) is 0 Å². The summed E-state index contributed by atoms with van der Waals surface area (Å²) in [5.74, 6) is -3.50. The lowest BCUT2D eigenvalue weighted by Crippen LogP contribution is -2.44. The normalized spacial score (nSPS) is 32.6. The van der Waals surface area contributed by atoms with Gasteiger partial charge in [0, 0.05) is 37.7 Å².